The standard InChI is InChI=1S/C11H15N5O2/c1-2-13-10-14-5-7(6-15-10)8(17)16-11(3-4-11)9(12)18/h5-6H,2-4H2,1H3,(H2,12,18)(H,16,17)(H,13,14,15). The summed E-state index contributed by atoms with van der Waals surface area (Å²) in [4.78, 5) is 31.0. The van der Waals surface area contributed by atoms with Gasteiger partial charge in [0, 0.05) is 18.9 Å². The molecular weight excluding hydrogens is 234 g/mol. The van der Waals surface area contributed by atoms with Crippen LogP contribution in [0.15, 0.2) is 12.4 Å². The van der Waals surface area contributed by atoms with E-state index >= 15 is 0 Å². The van der Waals surface area contributed by atoms with Crippen molar-refractivity contribution in [3.05, 3.63) is 18.0 Å². The topological polar surface area (TPSA) is 110 Å². The zero-order valence-electron chi connectivity index (χ0n) is 10.1. The summed E-state index contributed by atoms with van der Waals surface area (Å²) in [6.45, 7) is 2.63. The predicted molar refractivity (Wildman–Crippen MR) is 64.8 cm³/mol. The lowest BCUT2D eigenvalue weighted by Gasteiger charge is -2.13. The first kappa shape index (κ1) is 12.3. The number of aromatic nitrogens is 2. The van der Waals surface area contributed by atoms with Gasteiger partial charge in [0.1, 0.15) is 5.54 Å². The van der Waals surface area contributed by atoms with Crippen molar-refractivity contribution in [1.29, 1.82) is 0 Å². The molecule has 0 atom stereocenters. The molecule has 18 heavy (non-hydrogen) atoms. The molecule has 1 fully saturated rings. The molecule has 2 rings (SSSR count). The second-order valence-electron chi connectivity index (χ2n) is 4.23. The van der Waals surface area contributed by atoms with Crippen LogP contribution in [0.2, 0.25) is 0 Å². The number of primary amides is 1. The van der Waals surface area contributed by atoms with Gasteiger partial charge in [-0.1, -0.05) is 0 Å². The van der Waals surface area contributed by atoms with E-state index in [-0.39, 0.29) is 5.91 Å². The molecule has 1 heterocycles. The van der Waals surface area contributed by atoms with Crippen LogP contribution in [0, 0.1) is 0 Å². The number of rotatable bonds is 5. The molecule has 0 radical (unpaired) electrons. The van der Waals surface area contributed by atoms with Crippen molar-refractivity contribution in [3.63, 3.8) is 0 Å². The lowest BCUT2D eigenvalue weighted by Crippen LogP contribution is -2.46. The van der Waals surface area contributed by atoms with Gasteiger partial charge < -0.3 is 16.4 Å². The number of anilines is 1. The average molecular weight is 249 g/mol. The minimum Gasteiger partial charge on any atom is -0.368 e. The van der Waals surface area contributed by atoms with Gasteiger partial charge in [-0.25, -0.2) is 9.97 Å². The first-order chi connectivity index (χ1) is 8.57. The summed E-state index contributed by atoms with van der Waals surface area (Å²) >= 11 is 0. The Kier molecular flexibility index (Phi) is 3.14. The number of nitrogens with one attached hydrogen (secondary N) is 2. The quantitative estimate of drug-likeness (QED) is 0.661. The van der Waals surface area contributed by atoms with E-state index in [9.17, 15) is 9.59 Å². The van der Waals surface area contributed by atoms with E-state index in [2.05, 4.69) is 20.6 Å². The van der Waals surface area contributed by atoms with E-state index in [1.807, 2.05) is 6.92 Å². The van der Waals surface area contributed by atoms with Gasteiger partial charge in [-0.05, 0) is 19.8 Å². The highest BCUT2D eigenvalue weighted by Gasteiger charge is 2.49. The fourth-order valence-corrected chi connectivity index (χ4v) is 1.54. The Morgan fingerprint density at radius 1 is 1.39 bits per heavy atom. The monoisotopic (exact) mass is 249 g/mol. The molecule has 0 unspecified atom stereocenters. The highest BCUT2D eigenvalue weighted by atomic mass is 16.2. The van der Waals surface area contributed by atoms with Crippen molar-refractivity contribution < 1.29 is 9.59 Å². The summed E-state index contributed by atoms with van der Waals surface area (Å²) in [5.41, 5.74) is 4.67. The van der Waals surface area contributed by atoms with Crippen LogP contribution in [0.25, 0.3) is 0 Å². The molecule has 0 saturated heterocycles. The normalized spacial score (nSPS) is 15.8. The largest absolute Gasteiger partial charge is 0.368 e. The number of carbonyl (C=O) groups excluding carboxylic acids is 2. The fourth-order valence-electron chi connectivity index (χ4n) is 1.54. The smallest absolute Gasteiger partial charge is 0.255 e. The third kappa shape index (κ3) is 2.39. The second kappa shape index (κ2) is 4.59. The Morgan fingerprint density at radius 3 is 2.44 bits per heavy atom. The lowest BCUT2D eigenvalue weighted by atomic mass is 10.2. The van der Waals surface area contributed by atoms with E-state index < -0.39 is 11.4 Å². The van der Waals surface area contributed by atoms with Gasteiger partial charge in [0.25, 0.3) is 5.91 Å². The molecule has 1 aliphatic rings. The molecule has 7 nitrogen and oxygen atoms in total. The van der Waals surface area contributed by atoms with Crippen LogP contribution in [0.4, 0.5) is 5.95 Å². The maximum atomic E-state index is 11.9. The minimum atomic E-state index is -0.864. The molecule has 7 heteroatoms. The summed E-state index contributed by atoms with van der Waals surface area (Å²) in [7, 11) is 0. The number of nitrogens with zero attached hydrogens (tertiary/aromatic N) is 2. The Morgan fingerprint density at radius 2 is 2.00 bits per heavy atom. The summed E-state index contributed by atoms with van der Waals surface area (Å²) in [5.74, 6) is -0.416. The van der Waals surface area contributed by atoms with Crippen molar-refractivity contribution >= 4 is 17.8 Å². The minimum absolute atomic E-state index is 0.309. The van der Waals surface area contributed by atoms with Crippen LogP contribution >= 0.6 is 0 Å². The average Bonchev–Trinajstić information content (AvgIpc) is 3.11. The molecule has 0 aliphatic heterocycles. The molecule has 0 bridgehead atoms. The van der Waals surface area contributed by atoms with E-state index in [1.54, 1.807) is 0 Å². The Balaban J connectivity index is 2.03. The van der Waals surface area contributed by atoms with Gasteiger partial charge in [-0.15, -0.1) is 0 Å². The molecule has 1 saturated carbocycles. The SMILES string of the molecule is CCNc1ncc(C(=O)NC2(C(N)=O)CC2)cn1. The van der Waals surface area contributed by atoms with Gasteiger partial charge in [0.2, 0.25) is 11.9 Å². The molecule has 4 N–H and O–H groups in total. The highest BCUT2D eigenvalue weighted by molar-refractivity contribution is 5.99. The zero-order chi connectivity index (χ0) is 13.2. The van der Waals surface area contributed by atoms with E-state index in [0.29, 0.717) is 30.9 Å². The number of hydrogen-bond donors (Lipinski definition) is 3. The van der Waals surface area contributed by atoms with E-state index in [4.69, 9.17) is 5.73 Å². The third-order valence-corrected chi connectivity index (χ3v) is 2.82. The van der Waals surface area contributed by atoms with Gasteiger partial charge in [0.15, 0.2) is 0 Å². The van der Waals surface area contributed by atoms with Gasteiger partial charge in [-0.3, -0.25) is 9.59 Å². The number of hydrogen-bond acceptors (Lipinski definition) is 5. The second-order valence-corrected chi connectivity index (χ2v) is 4.23. The van der Waals surface area contributed by atoms with Gasteiger partial charge in [0.05, 0.1) is 5.56 Å². The van der Waals surface area contributed by atoms with Crippen molar-refractivity contribution in [3.8, 4) is 0 Å². The molecule has 96 valence electrons. The molecule has 1 aromatic heterocycles. The molecular formula is C11H15N5O2. The molecule has 1 aliphatic carbocycles. The molecule has 0 aromatic carbocycles. The van der Waals surface area contributed by atoms with Crippen LogP contribution in [0.1, 0.15) is 30.1 Å². The third-order valence-electron chi connectivity index (χ3n) is 2.82. The van der Waals surface area contributed by atoms with Crippen LogP contribution in [0.3, 0.4) is 0 Å². The molecule has 1 aromatic rings. The summed E-state index contributed by atoms with van der Waals surface area (Å²) in [6.07, 6.45) is 4.00. The Labute approximate surface area is 104 Å². The van der Waals surface area contributed by atoms with Gasteiger partial charge in [-0.2, -0.15) is 0 Å². The first-order valence-corrected chi connectivity index (χ1v) is 5.76. The van der Waals surface area contributed by atoms with Crippen molar-refractivity contribution in [2.45, 2.75) is 25.3 Å². The summed E-state index contributed by atoms with van der Waals surface area (Å²) in [5, 5.41) is 5.55. The van der Waals surface area contributed by atoms with Crippen LogP contribution in [-0.4, -0.2) is 33.9 Å². The van der Waals surface area contributed by atoms with Crippen molar-refractivity contribution in [2.24, 2.45) is 5.73 Å². The highest BCUT2D eigenvalue weighted by Crippen LogP contribution is 2.35. The number of amides is 2. The molecule has 2 amide bonds. The van der Waals surface area contributed by atoms with Crippen molar-refractivity contribution in [2.75, 3.05) is 11.9 Å². The number of nitrogens with two attached hydrogens (primary N) is 1. The van der Waals surface area contributed by atoms with Gasteiger partial charge >= 0.3 is 0 Å². The first-order valence-electron chi connectivity index (χ1n) is 5.76. The summed E-state index contributed by atoms with van der Waals surface area (Å²) < 4.78 is 0. The van der Waals surface area contributed by atoms with E-state index in [0.717, 1.165) is 0 Å². The number of carbonyl (C=O) groups is 2. The zero-order valence-corrected chi connectivity index (χ0v) is 10.1. The van der Waals surface area contributed by atoms with E-state index in [1.165, 1.54) is 12.4 Å². The lowest BCUT2D eigenvalue weighted by molar-refractivity contribution is -0.120. The molecule has 0 spiro atoms. The van der Waals surface area contributed by atoms with Crippen LogP contribution < -0.4 is 16.4 Å². The Bertz CT molecular complexity index is 467. The maximum Gasteiger partial charge on any atom is 0.255 e. The van der Waals surface area contributed by atoms with Crippen LogP contribution in [-0.2, 0) is 4.79 Å². The van der Waals surface area contributed by atoms with Crippen molar-refractivity contribution in [1.82, 2.24) is 15.3 Å². The maximum absolute atomic E-state index is 11.9. The summed E-state index contributed by atoms with van der Waals surface area (Å²) in [6, 6.07) is 0. The fraction of sp³-hybridized carbons (Fsp3) is 0.455. The predicted octanol–water partition coefficient (Wildman–Crippen LogP) is -0.344. The Hall–Kier alpha value is -2.18. The van der Waals surface area contributed by atoms with Crippen LogP contribution in [0.5, 0.6) is 0 Å².